The van der Waals surface area contributed by atoms with Gasteiger partial charge in [-0.3, -0.25) is 0 Å². The largest absolute Gasteiger partial charge is 0.504 e. The minimum absolute atomic E-state index is 0.320. The van der Waals surface area contributed by atoms with Gasteiger partial charge in [0.1, 0.15) is 0 Å². The topological polar surface area (TPSA) is 165 Å². The third-order valence-electron chi connectivity index (χ3n) is 3.91. The van der Waals surface area contributed by atoms with E-state index in [0.29, 0.717) is 5.56 Å². The van der Waals surface area contributed by atoms with Gasteiger partial charge in [-0.2, -0.15) is 0 Å². The number of aliphatic hydroxyl groups is 3. The van der Waals surface area contributed by atoms with Crippen LogP contribution in [0, 0.1) is 0 Å². The van der Waals surface area contributed by atoms with Gasteiger partial charge in [0.25, 0.3) is 0 Å². The molecule has 1 saturated carbocycles. The van der Waals surface area contributed by atoms with Crippen LogP contribution in [-0.4, -0.2) is 66.5 Å². The van der Waals surface area contributed by atoms with Crippen LogP contribution in [0.25, 0.3) is 6.08 Å². The number of esters is 1. The average molecular weight is 354 g/mol. The van der Waals surface area contributed by atoms with E-state index in [1.807, 2.05) is 0 Å². The van der Waals surface area contributed by atoms with Crippen LogP contribution in [0.4, 0.5) is 0 Å². The number of benzene rings is 1. The summed E-state index contributed by atoms with van der Waals surface area (Å²) in [5, 5.41) is 57.1. The number of carbonyl (C=O) groups is 2. The molecule has 0 saturated heterocycles. The minimum Gasteiger partial charge on any atom is -0.504 e. The first-order valence-electron chi connectivity index (χ1n) is 7.35. The first-order chi connectivity index (χ1) is 11.6. The van der Waals surface area contributed by atoms with Crippen molar-refractivity contribution in [3.8, 4) is 11.5 Å². The normalized spacial score (nSPS) is 29.5. The number of aliphatic hydroxyl groups excluding tert-OH is 2. The van der Waals surface area contributed by atoms with Gasteiger partial charge in [-0.05, 0) is 23.8 Å². The van der Waals surface area contributed by atoms with Crippen LogP contribution in [0.5, 0.6) is 11.5 Å². The van der Waals surface area contributed by atoms with E-state index >= 15 is 0 Å². The number of aromatic hydroxyl groups is 2. The van der Waals surface area contributed by atoms with Gasteiger partial charge in [-0.15, -0.1) is 0 Å². The van der Waals surface area contributed by atoms with E-state index in [0.717, 1.165) is 6.08 Å². The Morgan fingerprint density at radius 1 is 1.12 bits per heavy atom. The van der Waals surface area contributed by atoms with Crippen LogP contribution in [-0.2, 0) is 14.3 Å². The van der Waals surface area contributed by atoms with E-state index in [2.05, 4.69) is 0 Å². The molecule has 1 fully saturated rings. The summed E-state index contributed by atoms with van der Waals surface area (Å²) in [4.78, 5) is 22.8. The first kappa shape index (κ1) is 18.7. The minimum atomic E-state index is -2.29. The average Bonchev–Trinajstić information content (AvgIpc) is 2.52. The summed E-state index contributed by atoms with van der Waals surface area (Å²) in [5.74, 6) is -3.19. The van der Waals surface area contributed by atoms with E-state index in [1.165, 1.54) is 24.3 Å². The number of phenols is 2. The van der Waals surface area contributed by atoms with E-state index in [9.17, 15) is 35.1 Å². The molecule has 0 radical (unpaired) electrons. The molecule has 0 amide bonds. The summed E-state index contributed by atoms with van der Waals surface area (Å²) >= 11 is 0. The molecule has 9 heteroatoms. The molecule has 1 aromatic carbocycles. The lowest BCUT2D eigenvalue weighted by atomic mass is 9.79. The lowest BCUT2D eigenvalue weighted by molar-refractivity contribution is -0.196. The molecule has 0 aliphatic heterocycles. The van der Waals surface area contributed by atoms with Gasteiger partial charge in [0, 0.05) is 18.9 Å². The Hall–Kier alpha value is -2.62. The number of aliphatic carboxylic acids is 1. The van der Waals surface area contributed by atoms with E-state index in [4.69, 9.17) is 9.84 Å². The van der Waals surface area contributed by atoms with Crippen LogP contribution < -0.4 is 0 Å². The molecule has 4 atom stereocenters. The van der Waals surface area contributed by atoms with E-state index < -0.39 is 48.7 Å². The second kappa shape index (κ2) is 7.09. The molecule has 0 heterocycles. The van der Waals surface area contributed by atoms with Crippen LogP contribution in [0.3, 0.4) is 0 Å². The van der Waals surface area contributed by atoms with Gasteiger partial charge in [0.05, 0.1) is 12.2 Å². The van der Waals surface area contributed by atoms with Gasteiger partial charge < -0.3 is 35.4 Å². The Morgan fingerprint density at radius 2 is 1.72 bits per heavy atom. The molecule has 9 nitrogen and oxygen atoms in total. The first-order valence-corrected chi connectivity index (χ1v) is 7.35. The van der Waals surface area contributed by atoms with Crippen LogP contribution in [0.1, 0.15) is 18.4 Å². The third kappa shape index (κ3) is 4.27. The monoisotopic (exact) mass is 354 g/mol. The van der Waals surface area contributed by atoms with Crippen molar-refractivity contribution in [3.05, 3.63) is 29.8 Å². The number of hydrogen-bond acceptors (Lipinski definition) is 8. The van der Waals surface area contributed by atoms with Crippen molar-refractivity contribution in [2.45, 2.75) is 36.8 Å². The van der Waals surface area contributed by atoms with Crippen molar-refractivity contribution < 1.29 is 45.0 Å². The fourth-order valence-corrected chi connectivity index (χ4v) is 2.58. The molecular formula is C16H18O9. The van der Waals surface area contributed by atoms with Crippen LogP contribution in [0.2, 0.25) is 0 Å². The molecule has 6 N–H and O–H groups in total. The van der Waals surface area contributed by atoms with Crippen molar-refractivity contribution in [2.24, 2.45) is 0 Å². The third-order valence-corrected chi connectivity index (χ3v) is 3.91. The number of carbonyl (C=O) groups excluding carboxylic acids is 1. The molecule has 1 aliphatic carbocycles. The predicted molar refractivity (Wildman–Crippen MR) is 82.5 cm³/mol. The summed E-state index contributed by atoms with van der Waals surface area (Å²) in [6.07, 6.45) is -3.43. The molecule has 0 bridgehead atoms. The maximum Gasteiger partial charge on any atom is 0.335 e. The lowest BCUT2D eigenvalue weighted by Crippen LogP contribution is -2.57. The Labute approximate surface area is 142 Å². The summed E-state index contributed by atoms with van der Waals surface area (Å²) in [6, 6.07) is 3.86. The van der Waals surface area contributed by atoms with Crippen molar-refractivity contribution in [2.75, 3.05) is 0 Å². The van der Waals surface area contributed by atoms with Crippen molar-refractivity contribution in [1.82, 2.24) is 0 Å². The zero-order valence-electron chi connectivity index (χ0n) is 12.9. The molecule has 1 aliphatic rings. The summed E-state index contributed by atoms with van der Waals surface area (Å²) in [5.41, 5.74) is -1.90. The highest BCUT2D eigenvalue weighted by Gasteiger charge is 2.50. The smallest absolute Gasteiger partial charge is 0.335 e. The second-order valence-corrected chi connectivity index (χ2v) is 5.86. The molecule has 136 valence electrons. The fraction of sp³-hybridized carbons (Fsp3) is 0.375. The SMILES string of the molecule is O=C(/C=C/c1ccc(O)c(O)c1)O[C@H]1C(O)C[C@](O)(C(=O)O)C[C@@H]1O. The van der Waals surface area contributed by atoms with E-state index in [1.54, 1.807) is 0 Å². The number of ether oxygens (including phenoxy) is 1. The van der Waals surface area contributed by atoms with Gasteiger partial charge in [-0.25, -0.2) is 9.59 Å². The number of carboxylic acid groups (broad SMARTS) is 1. The summed E-state index contributed by atoms with van der Waals surface area (Å²) < 4.78 is 4.92. The Kier molecular flexibility index (Phi) is 5.31. The van der Waals surface area contributed by atoms with Crippen LogP contribution >= 0.6 is 0 Å². The molecule has 1 aromatic rings. The zero-order chi connectivity index (χ0) is 18.8. The number of hydrogen-bond donors (Lipinski definition) is 6. The maximum absolute atomic E-state index is 11.8. The van der Waals surface area contributed by atoms with Crippen molar-refractivity contribution in [1.29, 1.82) is 0 Å². The highest BCUT2D eigenvalue weighted by molar-refractivity contribution is 5.87. The zero-order valence-corrected chi connectivity index (χ0v) is 12.9. The standard InChI is InChI=1S/C16H18O9/c17-9-3-1-8(5-10(9)18)2-4-13(21)25-14-11(19)6-16(24,15(22)23)7-12(14)20/h1-5,11-12,14,17-20,24H,6-7H2,(H,22,23)/b4-2+/t11-,12?,14+,16-/m0/s1. The van der Waals surface area contributed by atoms with Gasteiger partial charge in [0.15, 0.2) is 23.2 Å². The molecule has 2 rings (SSSR count). The Morgan fingerprint density at radius 3 is 2.24 bits per heavy atom. The lowest BCUT2D eigenvalue weighted by Gasteiger charge is -2.39. The molecule has 1 unspecified atom stereocenters. The molecular weight excluding hydrogens is 336 g/mol. The van der Waals surface area contributed by atoms with Crippen molar-refractivity contribution in [3.63, 3.8) is 0 Å². The maximum atomic E-state index is 11.8. The van der Waals surface area contributed by atoms with Gasteiger partial charge in [-0.1, -0.05) is 6.07 Å². The highest BCUT2D eigenvalue weighted by atomic mass is 16.6. The quantitative estimate of drug-likeness (QED) is 0.234. The van der Waals surface area contributed by atoms with Gasteiger partial charge in [0.2, 0.25) is 0 Å². The van der Waals surface area contributed by atoms with Crippen molar-refractivity contribution >= 4 is 18.0 Å². The summed E-state index contributed by atoms with van der Waals surface area (Å²) in [7, 11) is 0. The Balaban J connectivity index is 2.01. The molecule has 0 aromatic heterocycles. The second-order valence-electron chi connectivity index (χ2n) is 5.86. The summed E-state index contributed by atoms with van der Waals surface area (Å²) in [6.45, 7) is 0. The predicted octanol–water partition coefficient (Wildman–Crippen LogP) is -0.646. The van der Waals surface area contributed by atoms with Gasteiger partial charge >= 0.3 is 11.9 Å². The number of phenolic OH excluding ortho intramolecular Hbond substituents is 2. The molecule has 0 spiro atoms. The van der Waals surface area contributed by atoms with E-state index in [-0.39, 0.29) is 11.5 Å². The molecule has 25 heavy (non-hydrogen) atoms. The Bertz CT molecular complexity index is 685. The number of rotatable bonds is 4. The van der Waals surface area contributed by atoms with Crippen LogP contribution in [0.15, 0.2) is 24.3 Å². The highest BCUT2D eigenvalue weighted by Crippen LogP contribution is 2.31. The fourth-order valence-electron chi connectivity index (χ4n) is 2.58. The number of carboxylic acids is 1.